The number of nitrogens with one attached hydrogen (secondary N) is 1. The van der Waals surface area contributed by atoms with Gasteiger partial charge in [-0.15, -0.1) is 0 Å². The first-order valence-electron chi connectivity index (χ1n) is 8.74. The van der Waals surface area contributed by atoms with Crippen molar-refractivity contribution in [1.82, 2.24) is 4.83 Å². The van der Waals surface area contributed by atoms with E-state index in [0.29, 0.717) is 22.6 Å². The van der Waals surface area contributed by atoms with Gasteiger partial charge in [-0.05, 0) is 48.0 Å². The molecule has 0 atom stereocenters. The van der Waals surface area contributed by atoms with Crippen molar-refractivity contribution in [2.45, 2.75) is 11.5 Å². The Morgan fingerprint density at radius 1 is 1.10 bits per heavy atom. The monoisotopic (exact) mass is 448 g/mol. The van der Waals surface area contributed by atoms with E-state index in [0.717, 1.165) is 0 Å². The number of methoxy groups -OCH3 is 1. The average Bonchev–Trinajstić information content (AvgIpc) is 2.75. The van der Waals surface area contributed by atoms with E-state index in [4.69, 9.17) is 21.1 Å². The third kappa shape index (κ3) is 5.49. The molecule has 3 aromatic rings. The molecular weight excluding hydrogens is 431 g/mol. The van der Waals surface area contributed by atoms with Gasteiger partial charge in [0.15, 0.2) is 0 Å². The van der Waals surface area contributed by atoms with E-state index in [1.807, 2.05) is 0 Å². The molecule has 30 heavy (non-hydrogen) atoms. The second-order valence-electron chi connectivity index (χ2n) is 6.10. The van der Waals surface area contributed by atoms with E-state index < -0.39 is 15.8 Å². The predicted octanol–water partition coefficient (Wildman–Crippen LogP) is 4.38. The number of sulfonamides is 1. The molecule has 0 amide bonds. The molecule has 0 aliphatic heterocycles. The SMILES string of the molecule is COc1ccc(/C=N\NS(=O)(=O)c2ccccc2)cc1COc1ccc(F)c(Cl)c1. The van der Waals surface area contributed by atoms with Crippen LogP contribution in [0.3, 0.4) is 0 Å². The highest BCUT2D eigenvalue weighted by Gasteiger charge is 2.11. The van der Waals surface area contributed by atoms with Crippen molar-refractivity contribution in [3.63, 3.8) is 0 Å². The second-order valence-corrected chi connectivity index (χ2v) is 8.17. The Morgan fingerprint density at radius 2 is 1.87 bits per heavy atom. The van der Waals surface area contributed by atoms with Crippen LogP contribution >= 0.6 is 11.6 Å². The number of hydrogen-bond acceptors (Lipinski definition) is 5. The molecule has 3 rings (SSSR count). The molecule has 0 saturated carbocycles. The topological polar surface area (TPSA) is 77.0 Å². The maximum atomic E-state index is 13.3. The van der Waals surface area contributed by atoms with Crippen LogP contribution in [0.4, 0.5) is 4.39 Å². The first-order chi connectivity index (χ1) is 14.4. The van der Waals surface area contributed by atoms with E-state index in [1.165, 1.54) is 43.7 Å². The molecule has 9 heteroatoms. The second kappa shape index (κ2) is 9.60. The molecule has 156 valence electrons. The van der Waals surface area contributed by atoms with Crippen molar-refractivity contribution in [1.29, 1.82) is 0 Å². The largest absolute Gasteiger partial charge is 0.496 e. The highest BCUT2D eigenvalue weighted by atomic mass is 35.5. The summed E-state index contributed by atoms with van der Waals surface area (Å²) >= 11 is 5.76. The van der Waals surface area contributed by atoms with Crippen molar-refractivity contribution in [3.8, 4) is 11.5 Å². The molecule has 0 heterocycles. The van der Waals surface area contributed by atoms with Crippen LogP contribution in [0.1, 0.15) is 11.1 Å². The quantitative estimate of drug-likeness (QED) is 0.410. The first-order valence-corrected chi connectivity index (χ1v) is 10.6. The van der Waals surface area contributed by atoms with Crippen LogP contribution < -0.4 is 14.3 Å². The van der Waals surface area contributed by atoms with Gasteiger partial charge in [-0.3, -0.25) is 0 Å². The normalized spacial score (nSPS) is 11.4. The van der Waals surface area contributed by atoms with Gasteiger partial charge >= 0.3 is 0 Å². The van der Waals surface area contributed by atoms with E-state index in [2.05, 4.69) is 9.93 Å². The van der Waals surface area contributed by atoms with Gasteiger partial charge in [0.1, 0.15) is 23.9 Å². The number of nitrogens with zero attached hydrogens (tertiary/aromatic N) is 1. The van der Waals surface area contributed by atoms with Crippen molar-refractivity contribution in [2.75, 3.05) is 7.11 Å². The van der Waals surface area contributed by atoms with Crippen molar-refractivity contribution in [2.24, 2.45) is 5.10 Å². The number of rotatable bonds is 8. The molecule has 0 saturated heterocycles. The molecule has 1 N–H and O–H groups in total. The summed E-state index contributed by atoms with van der Waals surface area (Å²) in [6, 6.07) is 17.2. The van der Waals surface area contributed by atoms with Crippen LogP contribution in [0, 0.1) is 5.82 Å². The number of halogens is 2. The summed E-state index contributed by atoms with van der Waals surface area (Å²) in [5.41, 5.74) is 1.31. The Bertz CT molecular complexity index is 1150. The molecule has 0 unspecified atom stereocenters. The van der Waals surface area contributed by atoms with Crippen LogP contribution in [0.2, 0.25) is 5.02 Å². The molecule has 6 nitrogen and oxygen atoms in total. The van der Waals surface area contributed by atoms with Gasteiger partial charge < -0.3 is 9.47 Å². The highest BCUT2D eigenvalue weighted by Crippen LogP contribution is 2.25. The Morgan fingerprint density at radius 3 is 2.57 bits per heavy atom. The van der Waals surface area contributed by atoms with Gasteiger partial charge in [0, 0.05) is 11.6 Å². The van der Waals surface area contributed by atoms with Crippen LogP contribution in [0.5, 0.6) is 11.5 Å². The summed E-state index contributed by atoms with van der Waals surface area (Å²) in [5.74, 6) is 0.445. The zero-order valence-electron chi connectivity index (χ0n) is 15.9. The molecule has 0 aliphatic carbocycles. The summed E-state index contributed by atoms with van der Waals surface area (Å²) in [6.07, 6.45) is 1.37. The van der Waals surface area contributed by atoms with Gasteiger partial charge in [0.2, 0.25) is 0 Å². The fourth-order valence-electron chi connectivity index (χ4n) is 2.54. The molecular formula is C21H18ClFN2O4S. The van der Waals surface area contributed by atoms with Crippen molar-refractivity contribution >= 4 is 27.8 Å². The van der Waals surface area contributed by atoms with Gasteiger partial charge in [0.05, 0.1) is 23.2 Å². The molecule has 3 aromatic carbocycles. The summed E-state index contributed by atoms with van der Waals surface area (Å²) in [6.45, 7) is 0.128. The summed E-state index contributed by atoms with van der Waals surface area (Å²) < 4.78 is 48.7. The lowest BCUT2D eigenvalue weighted by Crippen LogP contribution is -2.18. The Hall–Kier alpha value is -3.10. The maximum absolute atomic E-state index is 13.3. The zero-order chi connectivity index (χ0) is 21.6. The number of benzene rings is 3. The minimum Gasteiger partial charge on any atom is -0.496 e. The lowest BCUT2D eigenvalue weighted by atomic mass is 10.1. The molecule has 0 bridgehead atoms. The van der Waals surface area contributed by atoms with Crippen LogP contribution in [0.25, 0.3) is 0 Å². The van der Waals surface area contributed by atoms with E-state index in [1.54, 1.807) is 36.4 Å². The molecule has 0 aliphatic rings. The maximum Gasteiger partial charge on any atom is 0.276 e. The Balaban J connectivity index is 1.72. The standard InChI is InChI=1S/C21H18ClFN2O4S/c1-28-21-10-7-15(13-24-25-30(26,27)18-5-3-2-4-6-18)11-16(21)14-29-17-8-9-20(23)19(22)12-17/h2-13,25H,14H2,1H3/b24-13-. The third-order valence-electron chi connectivity index (χ3n) is 4.03. The lowest BCUT2D eigenvalue weighted by molar-refractivity contribution is 0.296. The Labute approximate surface area is 179 Å². The first kappa shape index (κ1) is 21.6. The average molecular weight is 449 g/mol. The van der Waals surface area contributed by atoms with Crippen LogP contribution in [-0.2, 0) is 16.6 Å². The van der Waals surface area contributed by atoms with Gasteiger partial charge in [-0.2, -0.15) is 13.5 Å². The van der Waals surface area contributed by atoms with E-state index in [9.17, 15) is 12.8 Å². The smallest absolute Gasteiger partial charge is 0.276 e. The Kier molecular flexibility index (Phi) is 6.91. The number of hydrazone groups is 1. The van der Waals surface area contributed by atoms with Crippen LogP contribution in [-0.4, -0.2) is 21.7 Å². The molecule has 0 aromatic heterocycles. The van der Waals surface area contributed by atoms with Gasteiger partial charge in [-0.25, -0.2) is 9.22 Å². The van der Waals surface area contributed by atoms with Crippen LogP contribution in [0.15, 0.2) is 76.7 Å². The molecule has 0 spiro atoms. The zero-order valence-corrected chi connectivity index (χ0v) is 17.5. The van der Waals surface area contributed by atoms with E-state index in [-0.39, 0.29) is 16.5 Å². The third-order valence-corrected chi connectivity index (χ3v) is 5.56. The summed E-state index contributed by atoms with van der Waals surface area (Å²) in [5, 5.41) is 3.79. The van der Waals surface area contributed by atoms with E-state index >= 15 is 0 Å². The number of ether oxygens (including phenoxy) is 2. The highest BCUT2D eigenvalue weighted by molar-refractivity contribution is 7.89. The number of hydrogen-bond donors (Lipinski definition) is 1. The summed E-state index contributed by atoms with van der Waals surface area (Å²) in [7, 11) is -2.22. The summed E-state index contributed by atoms with van der Waals surface area (Å²) in [4.78, 5) is 2.28. The molecule has 0 radical (unpaired) electrons. The van der Waals surface area contributed by atoms with Gasteiger partial charge in [0.25, 0.3) is 10.0 Å². The fraction of sp³-hybridized carbons (Fsp3) is 0.0952. The molecule has 0 fully saturated rings. The fourth-order valence-corrected chi connectivity index (χ4v) is 3.52. The lowest BCUT2D eigenvalue weighted by Gasteiger charge is -2.11. The minimum absolute atomic E-state index is 0.0361. The van der Waals surface area contributed by atoms with Crippen molar-refractivity contribution in [3.05, 3.63) is 88.7 Å². The predicted molar refractivity (Wildman–Crippen MR) is 113 cm³/mol. The minimum atomic E-state index is -3.75. The van der Waals surface area contributed by atoms with Crippen molar-refractivity contribution < 1.29 is 22.3 Å². The van der Waals surface area contributed by atoms with Gasteiger partial charge in [-0.1, -0.05) is 29.8 Å².